The number of benzene rings is 1. The zero-order valence-corrected chi connectivity index (χ0v) is 10.2. The van der Waals surface area contributed by atoms with Crippen LogP contribution >= 0.6 is 0 Å². The highest BCUT2D eigenvalue weighted by Crippen LogP contribution is 2.27. The second-order valence-electron chi connectivity index (χ2n) is 4.52. The van der Waals surface area contributed by atoms with Crippen LogP contribution in [0.1, 0.15) is 12.8 Å². The second kappa shape index (κ2) is 5.94. The van der Waals surface area contributed by atoms with E-state index in [-0.39, 0.29) is 18.0 Å². The number of aliphatic hydroxyl groups excluding tert-OH is 1. The van der Waals surface area contributed by atoms with Crippen LogP contribution in [0.15, 0.2) is 18.2 Å². The van der Waals surface area contributed by atoms with Gasteiger partial charge in [0.15, 0.2) is 5.75 Å². The summed E-state index contributed by atoms with van der Waals surface area (Å²) in [6.45, 7) is 0.234. The average Bonchev–Trinajstić information content (AvgIpc) is 3.17. The number of nitrogens with one attached hydrogen (secondary N) is 1. The molecule has 7 heteroatoms. The van der Waals surface area contributed by atoms with Gasteiger partial charge in [-0.25, -0.2) is 4.39 Å². The van der Waals surface area contributed by atoms with E-state index in [0.29, 0.717) is 12.6 Å². The molecule has 0 radical (unpaired) electrons. The Balaban J connectivity index is 1.89. The topological polar surface area (TPSA) is 84.6 Å². The van der Waals surface area contributed by atoms with Gasteiger partial charge in [0.1, 0.15) is 18.5 Å². The minimum atomic E-state index is -0.788. The number of nitrogens with zero attached hydrogens (tertiary/aromatic N) is 1. The van der Waals surface area contributed by atoms with E-state index in [1.54, 1.807) is 0 Å². The van der Waals surface area contributed by atoms with Gasteiger partial charge in [-0.05, 0) is 18.9 Å². The number of nitro groups is 1. The molecular weight excluding hydrogens is 255 g/mol. The summed E-state index contributed by atoms with van der Waals surface area (Å²) < 4.78 is 18.1. The summed E-state index contributed by atoms with van der Waals surface area (Å²) in [5.41, 5.74) is -0.316. The molecule has 104 valence electrons. The van der Waals surface area contributed by atoms with Gasteiger partial charge in [-0.3, -0.25) is 10.1 Å². The van der Waals surface area contributed by atoms with E-state index in [9.17, 15) is 19.6 Å². The smallest absolute Gasteiger partial charge is 0.311 e. The van der Waals surface area contributed by atoms with Crippen molar-refractivity contribution in [2.45, 2.75) is 25.0 Å². The molecule has 0 saturated heterocycles. The Kier molecular flexibility index (Phi) is 4.28. The van der Waals surface area contributed by atoms with Crippen LogP contribution in [0.5, 0.6) is 5.75 Å². The van der Waals surface area contributed by atoms with Gasteiger partial charge >= 0.3 is 5.69 Å². The maximum atomic E-state index is 13.0. The lowest BCUT2D eigenvalue weighted by atomic mass is 10.3. The number of nitro benzene ring substituents is 1. The molecule has 0 spiro atoms. The Labute approximate surface area is 109 Å². The maximum absolute atomic E-state index is 13.0. The number of halogens is 1. The summed E-state index contributed by atoms with van der Waals surface area (Å²) in [5, 5.41) is 23.5. The third-order valence-corrected chi connectivity index (χ3v) is 2.77. The van der Waals surface area contributed by atoms with Gasteiger partial charge in [0.2, 0.25) is 0 Å². The van der Waals surface area contributed by atoms with Crippen molar-refractivity contribution in [3.05, 3.63) is 34.1 Å². The molecular formula is C12H15FN2O4. The Morgan fingerprint density at radius 2 is 2.32 bits per heavy atom. The molecule has 1 saturated carbocycles. The molecule has 6 nitrogen and oxygen atoms in total. The normalized spacial score (nSPS) is 16.1. The number of hydrogen-bond donors (Lipinski definition) is 2. The Morgan fingerprint density at radius 1 is 1.58 bits per heavy atom. The predicted octanol–water partition coefficient (Wildman–Crippen LogP) is 1.23. The molecule has 1 aromatic rings. The minimum Gasteiger partial charge on any atom is -0.484 e. The lowest BCUT2D eigenvalue weighted by Gasteiger charge is -2.13. The van der Waals surface area contributed by atoms with Crippen LogP contribution in [0.4, 0.5) is 10.1 Å². The minimum absolute atomic E-state index is 0.121. The zero-order valence-electron chi connectivity index (χ0n) is 10.2. The molecule has 1 atom stereocenters. The quantitative estimate of drug-likeness (QED) is 0.575. The van der Waals surface area contributed by atoms with Crippen LogP contribution in [0, 0.1) is 15.9 Å². The molecule has 0 amide bonds. The van der Waals surface area contributed by atoms with Gasteiger partial charge in [0.05, 0.1) is 4.92 Å². The number of ether oxygens (including phenoxy) is 1. The maximum Gasteiger partial charge on any atom is 0.311 e. The van der Waals surface area contributed by atoms with E-state index in [1.165, 1.54) is 0 Å². The van der Waals surface area contributed by atoms with Crippen LogP contribution in [-0.2, 0) is 0 Å². The standard InChI is InChI=1S/C12H15FN2O4/c13-8-1-4-11(15(17)18)12(5-8)19-7-10(16)6-14-9-2-3-9/h1,4-5,9-10,14,16H,2-3,6-7H2. The molecule has 0 bridgehead atoms. The van der Waals surface area contributed by atoms with E-state index < -0.39 is 16.8 Å². The van der Waals surface area contributed by atoms with Crippen LogP contribution in [-0.4, -0.2) is 35.3 Å². The SMILES string of the molecule is O=[N+]([O-])c1ccc(F)cc1OCC(O)CNC1CC1. The van der Waals surface area contributed by atoms with Crippen molar-refractivity contribution in [3.8, 4) is 5.75 Å². The molecule has 2 rings (SSSR count). The van der Waals surface area contributed by atoms with Crippen molar-refractivity contribution in [2.75, 3.05) is 13.2 Å². The average molecular weight is 270 g/mol. The van der Waals surface area contributed by atoms with Gasteiger partial charge < -0.3 is 15.2 Å². The highest BCUT2D eigenvalue weighted by Gasteiger charge is 2.22. The Morgan fingerprint density at radius 3 is 2.95 bits per heavy atom. The second-order valence-corrected chi connectivity index (χ2v) is 4.52. The third-order valence-electron chi connectivity index (χ3n) is 2.77. The lowest BCUT2D eigenvalue weighted by Crippen LogP contribution is -2.32. The monoisotopic (exact) mass is 270 g/mol. The third kappa shape index (κ3) is 4.15. The van der Waals surface area contributed by atoms with E-state index in [1.807, 2.05) is 0 Å². The number of hydrogen-bond acceptors (Lipinski definition) is 5. The highest BCUT2D eigenvalue weighted by atomic mass is 19.1. The van der Waals surface area contributed by atoms with Gasteiger partial charge in [-0.1, -0.05) is 0 Å². The van der Waals surface area contributed by atoms with Crippen LogP contribution in [0.2, 0.25) is 0 Å². The van der Waals surface area contributed by atoms with E-state index in [0.717, 1.165) is 31.0 Å². The van der Waals surface area contributed by atoms with Crippen LogP contribution in [0.3, 0.4) is 0 Å². The summed E-state index contributed by atoms with van der Waals surface area (Å²) in [6, 6.07) is 3.44. The highest BCUT2D eigenvalue weighted by molar-refractivity contribution is 5.46. The molecule has 1 unspecified atom stereocenters. The van der Waals surface area contributed by atoms with Crippen molar-refractivity contribution in [1.29, 1.82) is 0 Å². The summed E-state index contributed by atoms with van der Waals surface area (Å²) in [4.78, 5) is 10.1. The van der Waals surface area contributed by atoms with Gasteiger partial charge in [0.25, 0.3) is 0 Å². The first-order valence-corrected chi connectivity index (χ1v) is 6.04. The molecule has 1 aliphatic rings. The summed E-state index contributed by atoms with van der Waals surface area (Å²) in [7, 11) is 0. The van der Waals surface area contributed by atoms with Crippen molar-refractivity contribution >= 4 is 5.69 Å². The Hall–Kier alpha value is -1.73. The van der Waals surface area contributed by atoms with E-state index in [2.05, 4.69) is 5.32 Å². The van der Waals surface area contributed by atoms with Gasteiger partial charge in [0, 0.05) is 24.7 Å². The molecule has 1 fully saturated rings. The number of aliphatic hydroxyl groups is 1. The molecule has 0 heterocycles. The fourth-order valence-corrected chi connectivity index (χ4v) is 1.59. The van der Waals surface area contributed by atoms with Gasteiger partial charge in [-0.15, -0.1) is 0 Å². The van der Waals surface area contributed by atoms with Crippen molar-refractivity contribution in [2.24, 2.45) is 0 Å². The molecule has 2 N–H and O–H groups in total. The van der Waals surface area contributed by atoms with Crippen molar-refractivity contribution in [3.63, 3.8) is 0 Å². The first-order chi connectivity index (χ1) is 9.06. The fraction of sp³-hybridized carbons (Fsp3) is 0.500. The Bertz CT molecular complexity index is 465. The fourth-order valence-electron chi connectivity index (χ4n) is 1.59. The van der Waals surface area contributed by atoms with Crippen LogP contribution < -0.4 is 10.1 Å². The van der Waals surface area contributed by atoms with Crippen LogP contribution in [0.25, 0.3) is 0 Å². The first kappa shape index (κ1) is 13.7. The number of rotatable bonds is 7. The lowest BCUT2D eigenvalue weighted by molar-refractivity contribution is -0.386. The molecule has 19 heavy (non-hydrogen) atoms. The summed E-state index contributed by atoms with van der Waals surface area (Å²) in [5.74, 6) is -0.790. The van der Waals surface area contributed by atoms with Gasteiger partial charge in [-0.2, -0.15) is 0 Å². The van der Waals surface area contributed by atoms with E-state index in [4.69, 9.17) is 4.74 Å². The van der Waals surface area contributed by atoms with E-state index >= 15 is 0 Å². The molecule has 1 aromatic carbocycles. The predicted molar refractivity (Wildman–Crippen MR) is 65.6 cm³/mol. The largest absolute Gasteiger partial charge is 0.484 e. The summed E-state index contributed by atoms with van der Waals surface area (Å²) >= 11 is 0. The zero-order chi connectivity index (χ0) is 13.8. The molecule has 1 aliphatic carbocycles. The first-order valence-electron chi connectivity index (χ1n) is 6.04. The molecule has 0 aliphatic heterocycles. The van der Waals surface area contributed by atoms with Crippen molar-refractivity contribution in [1.82, 2.24) is 5.32 Å². The molecule has 0 aromatic heterocycles. The summed E-state index contributed by atoms with van der Waals surface area (Å²) in [6.07, 6.45) is 1.41. The van der Waals surface area contributed by atoms with Crippen molar-refractivity contribution < 1.29 is 19.2 Å².